The van der Waals surface area contributed by atoms with Gasteiger partial charge in [0.05, 0.1) is 5.69 Å². The molecule has 1 heterocycles. The highest BCUT2D eigenvalue weighted by Gasteiger charge is 2.07. The van der Waals surface area contributed by atoms with Gasteiger partial charge in [0.25, 0.3) is 0 Å². The molecule has 0 aliphatic heterocycles. The molecule has 2 aromatic carbocycles. The predicted molar refractivity (Wildman–Crippen MR) is 100 cm³/mol. The third-order valence-corrected chi connectivity index (χ3v) is 5.01. The second-order valence-corrected chi connectivity index (χ2v) is 6.91. The minimum absolute atomic E-state index is 0.0569. The molecule has 0 aliphatic carbocycles. The van der Waals surface area contributed by atoms with Gasteiger partial charge in [-0.2, -0.15) is 0 Å². The Morgan fingerprint density at radius 3 is 2.61 bits per heavy atom. The van der Waals surface area contributed by atoms with Gasteiger partial charge in [0.2, 0.25) is 0 Å². The number of hydrogen-bond donors (Lipinski definition) is 0. The maximum Gasteiger partial charge on any atom is 0.187 e. The Bertz CT molecular complexity index is 871. The van der Waals surface area contributed by atoms with Crippen molar-refractivity contribution in [3.8, 4) is 10.6 Å². The number of halogens is 2. The molecule has 2 nitrogen and oxygen atoms in total. The van der Waals surface area contributed by atoms with Gasteiger partial charge < -0.3 is 0 Å². The quantitative estimate of drug-likeness (QED) is 0.387. The van der Waals surface area contributed by atoms with Crippen molar-refractivity contribution in [2.75, 3.05) is 0 Å². The number of rotatable bonds is 4. The summed E-state index contributed by atoms with van der Waals surface area (Å²) >= 11 is 10.8. The summed E-state index contributed by atoms with van der Waals surface area (Å²) in [5, 5.41) is 3.52. The summed E-state index contributed by atoms with van der Waals surface area (Å²) in [6, 6.07) is 14.9. The monoisotopic (exact) mass is 403 g/mol. The van der Waals surface area contributed by atoms with E-state index >= 15 is 0 Å². The molecule has 23 heavy (non-hydrogen) atoms. The largest absolute Gasteiger partial charge is 0.289 e. The van der Waals surface area contributed by atoms with Crippen LogP contribution >= 0.6 is 38.9 Å². The minimum Gasteiger partial charge on any atom is -0.289 e. The first-order valence-corrected chi connectivity index (χ1v) is 8.87. The molecular weight excluding hydrogens is 394 g/mol. The van der Waals surface area contributed by atoms with E-state index in [0.29, 0.717) is 10.6 Å². The van der Waals surface area contributed by atoms with Crippen molar-refractivity contribution in [3.05, 3.63) is 80.7 Å². The van der Waals surface area contributed by atoms with Gasteiger partial charge in [0, 0.05) is 26.0 Å². The van der Waals surface area contributed by atoms with Crippen LogP contribution in [0, 0.1) is 0 Å². The highest BCUT2D eigenvalue weighted by molar-refractivity contribution is 9.10. The number of carbonyl (C=O) groups is 1. The van der Waals surface area contributed by atoms with Crippen LogP contribution in [0.15, 0.2) is 64.5 Å². The highest BCUT2D eigenvalue weighted by atomic mass is 79.9. The molecular formula is C18H11BrClNOS. The molecule has 1 aromatic heterocycles. The standard InChI is InChI=1S/C18H11BrClNOS/c19-16-4-2-1-3-15(16)17(22)10-9-14-11-23-18(21-14)12-5-7-13(20)8-6-12/h1-11H. The number of aromatic nitrogens is 1. The van der Waals surface area contributed by atoms with E-state index in [1.54, 1.807) is 18.2 Å². The van der Waals surface area contributed by atoms with E-state index in [1.807, 2.05) is 47.8 Å². The molecule has 0 radical (unpaired) electrons. The van der Waals surface area contributed by atoms with Gasteiger partial charge in [-0.1, -0.05) is 51.8 Å². The van der Waals surface area contributed by atoms with Crippen molar-refractivity contribution in [3.63, 3.8) is 0 Å². The normalized spacial score (nSPS) is 11.0. The molecule has 0 fully saturated rings. The SMILES string of the molecule is O=C(C=Cc1csc(-c2ccc(Cl)cc2)n1)c1ccccc1Br. The smallest absolute Gasteiger partial charge is 0.187 e. The molecule has 114 valence electrons. The fourth-order valence-corrected chi connectivity index (χ4v) is 3.40. The zero-order chi connectivity index (χ0) is 16.2. The Hall–Kier alpha value is -1.75. The molecule has 0 saturated heterocycles. The Balaban J connectivity index is 1.77. The second-order valence-electron chi connectivity index (χ2n) is 4.76. The molecule has 5 heteroatoms. The highest BCUT2D eigenvalue weighted by Crippen LogP contribution is 2.25. The lowest BCUT2D eigenvalue weighted by Gasteiger charge is -1.98. The molecule has 3 aromatic rings. The summed E-state index contributed by atoms with van der Waals surface area (Å²) in [5.41, 5.74) is 2.41. The zero-order valence-corrected chi connectivity index (χ0v) is 15.0. The van der Waals surface area contributed by atoms with Gasteiger partial charge in [0.15, 0.2) is 5.78 Å². The number of benzene rings is 2. The Labute approximate surface area is 151 Å². The minimum atomic E-state index is -0.0569. The summed E-state index contributed by atoms with van der Waals surface area (Å²) < 4.78 is 0.787. The van der Waals surface area contributed by atoms with Crippen molar-refractivity contribution >= 4 is 50.7 Å². The molecule has 0 bridgehead atoms. The number of nitrogens with zero attached hydrogens (tertiary/aromatic N) is 1. The van der Waals surface area contributed by atoms with Crippen LogP contribution in [0.4, 0.5) is 0 Å². The van der Waals surface area contributed by atoms with Crippen LogP contribution in [0.1, 0.15) is 16.1 Å². The van der Waals surface area contributed by atoms with Gasteiger partial charge in [-0.25, -0.2) is 4.98 Å². The second kappa shape index (κ2) is 7.21. The van der Waals surface area contributed by atoms with Gasteiger partial charge >= 0.3 is 0 Å². The van der Waals surface area contributed by atoms with Crippen molar-refractivity contribution < 1.29 is 4.79 Å². The fraction of sp³-hybridized carbons (Fsp3) is 0. The van der Waals surface area contributed by atoms with Crippen molar-refractivity contribution in [1.82, 2.24) is 4.98 Å². The lowest BCUT2D eigenvalue weighted by atomic mass is 10.1. The van der Waals surface area contributed by atoms with Crippen LogP contribution in [-0.2, 0) is 0 Å². The third kappa shape index (κ3) is 3.96. The molecule has 0 aliphatic rings. The van der Waals surface area contributed by atoms with E-state index in [0.717, 1.165) is 20.7 Å². The van der Waals surface area contributed by atoms with Crippen LogP contribution in [0.3, 0.4) is 0 Å². The van der Waals surface area contributed by atoms with Crippen LogP contribution in [0.25, 0.3) is 16.6 Å². The molecule has 3 rings (SSSR count). The Morgan fingerprint density at radius 2 is 1.87 bits per heavy atom. The number of thiazole rings is 1. The average Bonchev–Trinajstić information content (AvgIpc) is 3.03. The predicted octanol–water partition coefficient (Wildman–Crippen LogP) is 6.12. The summed E-state index contributed by atoms with van der Waals surface area (Å²) in [6.45, 7) is 0. The van der Waals surface area contributed by atoms with E-state index < -0.39 is 0 Å². The first-order chi connectivity index (χ1) is 11.1. The van der Waals surface area contributed by atoms with Crippen LogP contribution in [-0.4, -0.2) is 10.8 Å². The summed E-state index contributed by atoms with van der Waals surface area (Å²) in [6.07, 6.45) is 3.28. The van der Waals surface area contributed by atoms with E-state index in [1.165, 1.54) is 11.3 Å². The van der Waals surface area contributed by atoms with E-state index in [2.05, 4.69) is 20.9 Å². The van der Waals surface area contributed by atoms with E-state index in [-0.39, 0.29) is 5.78 Å². The van der Waals surface area contributed by atoms with Crippen LogP contribution in [0.2, 0.25) is 5.02 Å². The molecule has 0 spiro atoms. The first kappa shape index (κ1) is 16.1. The summed E-state index contributed by atoms with van der Waals surface area (Å²) in [5.74, 6) is -0.0569. The Morgan fingerprint density at radius 1 is 1.13 bits per heavy atom. The van der Waals surface area contributed by atoms with E-state index in [4.69, 9.17) is 11.6 Å². The molecule has 0 N–H and O–H groups in total. The van der Waals surface area contributed by atoms with Gasteiger partial charge in [-0.15, -0.1) is 11.3 Å². The number of allylic oxidation sites excluding steroid dienone is 1. The molecule has 0 amide bonds. The lowest BCUT2D eigenvalue weighted by molar-refractivity contribution is 0.104. The van der Waals surface area contributed by atoms with E-state index in [9.17, 15) is 4.79 Å². The third-order valence-electron chi connectivity index (χ3n) is 3.16. The van der Waals surface area contributed by atoms with Gasteiger partial charge in [0.1, 0.15) is 5.01 Å². The number of ketones is 1. The van der Waals surface area contributed by atoms with Crippen LogP contribution < -0.4 is 0 Å². The Kier molecular flexibility index (Phi) is 5.06. The lowest BCUT2D eigenvalue weighted by Crippen LogP contribution is -1.94. The summed E-state index contributed by atoms with van der Waals surface area (Å²) in [4.78, 5) is 16.7. The molecule has 0 atom stereocenters. The first-order valence-electron chi connectivity index (χ1n) is 6.82. The number of hydrogen-bond acceptors (Lipinski definition) is 3. The average molecular weight is 405 g/mol. The zero-order valence-electron chi connectivity index (χ0n) is 11.9. The van der Waals surface area contributed by atoms with Crippen LogP contribution in [0.5, 0.6) is 0 Å². The molecule has 0 unspecified atom stereocenters. The van der Waals surface area contributed by atoms with Crippen molar-refractivity contribution in [2.24, 2.45) is 0 Å². The maximum absolute atomic E-state index is 12.2. The molecule has 0 saturated carbocycles. The topological polar surface area (TPSA) is 30.0 Å². The summed E-state index contributed by atoms with van der Waals surface area (Å²) in [7, 11) is 0. The maximum atomic E-state index is 12.2. The number of carbonyl (C=O) groups excluding carboxylic acids is 1. The fourth-order valence-electron chi connectivity index (χ4n) is 2.00. The van der Waals surface area contributed by atoms with Crippen molar-refractivity contribution in [1.29, 1.82) is 0 Å². The van der Waals surface area contributed by atoms with Gasteiger partial charge in [-0.3, -0.25) is 4.79 Å². The van der Waals surface area contributed by atoms with Crippen molar-refractivity contribution in [2.45, 2.75) is 0 Å². The van der Waals surface area contributed by atoms with Gasteiger partial charge in [-0.05, 0) is 36.4 Å².